The van der Waals surface area contributed by atoms with Crippen molar-refractivity contribution in [2.45, 2.75) is 25.4 Å². The van der Waals surface area contributed by atoms with Crippen LogP contribution in [0, 0.1) is 11.8 Å². The minimum Gasteiger partial charge on any atom is -0.481 e. The number of nitrogens with one attached hydrogen (secondary N) is 1. The molecule has 0 saturated carbocycles. The molecule has 1 aliphatic carbocycles. The summed E-state index contributed by atoms with van der Waals surface area (Å²) in [5, 5.41) is 11.7. The maximum atomic E-state index is 13.0. The summed E-state index contributed by atoms with van der Waals surface area (Å²) in [5.74, 6) is -5.40. The van der Waals surface area contributed by atoms with Crippen LogP contribution in [0.15, 0.2) is 18.2 Å². The molecule has 1 aliphatic heterocycles. The van der Waals surface area contributed by atoms with Crippen molar-refractivity contribution in [2.75, 3.05) is 25.0 Å². The van der Waals surface area contributed by atoms with Crippen molar-refractivity contribution in [1.29, 1.82) is 0 Å². The number of amides is 1. The average molecular weight is 393 g/mol. The summed E-state index contributed by atoms with van der Waals surface area (Å²) >= 11 is 0. The van der Waals surface area contributed by atoms with E-state index in [1.165, 1.54) is 16.0 Å². The second-order valence-electron chi connectivity index (χ2n) is 6.67. The molecule has 0 bridgehead atoms. The number of rotatable bonds is 4. The lowest BCUT2D eigenvalue weighted by molar-refractivity contribution is -0.188. The monoisotopic (exact) mass is 392 g/mol. The zero-order valence-electron chi connectivity index (χ0n) is 13.9. The maximum Gasteiger partial charge on any atom is 0.393 e. The molecule has 5 nitrogen and oxygen atoms in total. The van der Waals surface area contributed by atoms with Gasteiger partial charge >= 0.3 is 12.1 Å². The fraction of sp³-hybridized carbons (Fsp3) is 0.529. The molecule has 1 fully saturated rings. The lowest BCUT2D eigenvalue weighted by atomic mass is 9.96. The highest BCUT2D eigenvalue weighted by Crippen LogP contribution is 2.37. The number of anilines is 1. The molecule has 9 heteroatoms. The summed E-state index contributed by atoms with van der Waals surface area (Å²) in [4.78, 5) is 24.4. The number of aryl methyl sites for hydroxylation is 2. The fourth-order valence-corrected chi connectivity index (χ4v) is 3.65. The van der Waals surface area contributed by atoms with Gasteiger partial charge in [-0.15, -0.1) is 12.4 Å². The van der Waals surface area contributed by atoms with E-state index < -0.39 is 36.4 Å². The van der Waals surface area contributed by atoms with Crippen LogP contribution in [0.2, 0.25) is 0 Å². The predicted molar refractivity (Wildman–Crippen MR) is 91.5 cm³/mol. The minimum absolute atomic E-state index is 0. The Morgan fingerprint density at radius 1 is 1.19 bits per heavy atom. The van der Waals surface area contributed by atoms with Crippen LogP contribution in [0.4, 0.5) is 18.9 Å². The Balaban J connectivity index is 0.00000243. The second kappa shape index (κ2) is 7.84. The van der Waals surface area contributed by atoms with Crippen LogP contribution in [0.1, 0.15) is 17.5 Å². The summed E-state index contributed by atoms with van der Waals surface area (Å²) in [6, 6.07) is 5.63. The highest BCUT2D eigenvalue weighted by Gasteiger charge is 2.52. The molecule has 0 radical (unpaired) electrons. The van der Waals surface area contributed by atoms with E-state index in [0.29, 0.717) is 5.69 Å². The molecule has 26 heavy (non-hydrogen) atoms. The van der Waals surface area contributed by atoms with Crippen molar-refractivity contribution in [3.8, 4) is 0 Å². The van der Waals surface area contributed by atoms with Gasteiger partial charge in [-0.05, 0) is 42.5 Å². The van der Waals surface area contributed by atoms with Crippen LogP contribution in [0.5, 0.6) is 0 Å². The minimum atomic E-state index is -4.59. The first-order valence-corrected chi connectivity index (χ1v) is 8.17. The SMILES string of the molecule is Cl.O=C(CN1C[C@@H](C(F)(F)F)[C@H](C(=O)O)C1)Nc1ccc2c(c1)CCC2. The normalized spacial score (nSPS) is 22.6. The molecule has 3 rings (SSSR count). The van der Waals surface area contributed by atoms with Crippen LogP contribution < -0.4 is 5.32 Å². The van der Waals surface area contributed by atoms with E-state index >= 15 is 0 Å². The van der Waals surface area contributed by atoms with E-state index in [1.807, 2.05) is 12.1 Å². The summed E-state index contributed by atoms with van der Waals surface area (Å²) in [5.41, 5.74) is 3.06. The Morgan fingerprint density at radius 2 is 1.88 bits per heavy atom. The number of aliphatic carboxylic acids is 1. The molecule has 1 aromatic carbocycles. The molecule has 0 spiro atoms. The van der Waals surface area contributed by atoms with E-state index in [2.05, 4.69) is 5.32 Å². The molecule has 0 aromatic heterocycles. The average Bonchev–Trinajstić information content (AvgIpc) is 3.12. The Hall–Kier alpha value is -1.80. The number of likely N-dealkylation sites (tertiary alicyclic amines) is 1. The van der Waals surface area contributed by atoms with Crippen LogP contribution in [-0.2, 0) is 22.4 Å². The van der Waals surface area contributed by atoms with Crippen molar-refractivity contribution in [3.63, 3.8) is 0 Å². The van der Waals surface area contributed by atoms with Gasteiger partial charge in [0.1, 0.15) is 0 Å². The fourth-order valence-electron chi connectivity index (χ4n) is 3.65. The molecular formula is C17H20ClF3N2O3. The number of nitrogens with zero attached hydrogens (tertiary/aromatic N) is 1. The number of fused-ring (bicyclic) bond motifs is 1. The van der Waals surface area contributed by atoms with Crippen molar-refractivity contribution >= 4 is 30.0 Å². The van der Waals surface area contributed by atoms with Gasteiger partial charge in [0.2, 0.25) is 5.91 Å². The summed E-state index contributed by atoms with van der Waals surface area (Å²) < 4.78 is 38.9. The largest absolute Gasteiger partial charge is 0.481 e. The molecule has 144 valence electrons. The Bertz CT molecular complexity index is 696. The number of halogens is 4. The third-order valence-electron chi connectivity index (χ3n) is 4.88. The van der Waals surface area contributed by atoms with Gasteiger partial charge in [0, 0.05) is 18.8 Å². The van der Waals surface area contributed by atoms with Gasteiger partial charge < -0.3 is 10.4 Å². The quantitative estimate of drug-likeness (QED) is 0.826. The predicted octanol–water partition coefficient (Wildman–Crippen LogP) is 2.73. The second-order valence-corrected chi connectivity index (χ2v) is 6.67. The number of benzene rings is 1. The topological polar surface area (TPSA) is 69.6 Å². The standard InChI is InChI=1S/C17H19F3N2O3.ClH/c18-17(19,20)14-8-22(7-13(14)16(24)25)9-15(23)21-12-5-4-10-2-1-3-11(10)6-12;/h4-6,13-14H,1-3,7-9H2,(H,21,23)(H,24,25);1H/t13-,14-;/m1./s1. The lowest BCUT2D eigenvalue weighted by Gasteiger charge is -2.18. The number of carboxylic acid groups (broad SMARTS) is 1. The molecule has 2 aliphatic rings. The van der Waals surface area contributed by atoms with E-state index in [9.17, 15) is 22.8 Å². The molecule has 0 unspecified atom stereocenters. The third kappa shape index (κ3) is 4.48. The van der Waals surface area contributed by atoms with Gasteiger partial charge in [-0.1, -0.05) is 6.07 Å². The molecule has 1 heterocycles. The van der Waals surface area contributed by atoms with E-state index in [0.717, 1.165) is 19.3 Å². The van der Waals surface area contributed by atoms with Crippen molar-refractivity contribution in [2.24, 2.45) is 11.8 Å². The molecule has 2 atom stereocenters. The van der Waals surface area contributed by atoms with Crippen LogP contribution >= 0.6 is 12.4 Å². The van der Waals surface area contributed by atoms with Crippen LogP contribution in [0.3, 0.4) is 0 Å². The first-order valence-electron chi connectivity index (χ1n) is 8.17. The van der Waals surface area contributed by atoms with Crippen LogP contribution in [0.25, 0.3) is 0 Å². The molecule has 1 amide bonds. The molecule has 1 saturated heterocycles. The highest BCUT2D eigenvalue weighted by atomic mass is 35.5. The first kappa shape index (κ1) is 20.5. The lowest BCUT2D eigenvalue weighted by Crippen LogP contribution is -2.34. The van der Waals surface area contributed by atoms with Gasteiger partial charge in [-0.2, -0.15) is 13.2 Å². The smallest absolute Gasteiger partial charge is 0.393 e. The molecule has 1 aromatic rings. The summed E-state index contributed by atoms with van der Waals surface area (Å²) in [6.07, 6.45) is -1.53. The Morgan fingerprint density at radius 3 is 2.50 bits per heavy atom. The summed E-state index contributed by atoms with van der Waals surface area (Å²) in [6.45, 7) is -1.01. The van der Waals surface area contributed by atoms with Crippen molar-refractivity contribution in [3.05, 3.63) is 29.3 Å². The van der Waals surface area contributed by atoms with Gasteiger partial charge in [-0.25, -0.2) is 0 Å². The van der Waals surface area contributed by atoms with Gasteiger partial charge in [-0.3, -0.25) is 14.5 Å². The number of hydrogen-bond acceptors (Lipinski definition) is 3. The van der Waals surface area contributed by atoms with Gasteiger partial charge in [0.25, 0.3) is 0 Å². The first-order chi connectivity index (χ1) is 11.7. The number of carbonyl (C=O) groups is 2. The van der Waals surface area contributed by atoms with Crippen LogP contribution in [-0.4, -0.2) is 47.7 Å². The van der Waals surface area contributed by atoms with Gasteiger partial charge in [0.05, 0.1) is 18.4 Å². The number of alkyl halides is 3. The van der Waals surface area contributed by atoms with Crippen molar-refractivity contribution in [1.82, 2.24) is 4.90 Å². The number of carbonyl (C=O) groups excluding carboxylic acids is 1. The molecule has 2 N–H and O–H groups in total. The van der Waals surface area contributed by atoms with E-state index in [1.54, 1.807) is 6.07 Å². The van der Waals surface area contributed by atoms with Gasteiger partial charge in [0.15, 0.2) is 0 Å². The van der Waals surface area contributed by atoms with E-state index in [-0.39, 0.29) is 25.5 Å². The highest BCUT2D eigenvalue weighted by molar-refractivity contribution is 5.92. The zero-order chi connectivity index (χ0) is 18.2. The van der Waals surface area contributed by atoms with E-state index in [4.69, 9.17) is 5.11 Å². The third-order valence-corrected chi connectivity index (χ3v) is 4.88. The summed E-state index contributed by atoms with van der Waals surface area (Å²) in [7, 11) is 0. The maximum absolute atomic E-state index is 13.0. The van der Waals surface area contributed by atoms with Crippen molar-refractivity contribution < 1.29 is 27.9 Å². The Kier molecular flexibility index (Phi) is 6.18. The number of hydrogen-bond donors (Lipinski definition) is 2. The Labute approximate surface area is 155 Å². The zero-order valence-corrected chi connectivity index (χ0v) is 14.7. The molecular weight excluding hydrogens is 373 g/mol. The number of carboxylic acids is 1.